The van der Waals surface area contributed by atoms with E-state index in [1.807, 2.05) is 49.4 Å². The molecule has 0 spiro atoms. The van der Waals surface area contributed by atoms with Gasteiger partial charge in [0.05, 0.1) is 18.3 Å². The van der Waals surface area contributed by atoms with Crippen LogP contribution >= 0.6 is 0 Å². The van der Waals surface area contributed by atoms with Crippen LogP contribution < -0.4 is 14.8 Å². The number of nitrogens with one attached hydrogen (secondary N) is 1. The Bertz CT molecular complexity index is 877. The summed E-state index contributed by atoms with van der Waals surface area (Å²) in [6, 6.07) is 16.8. The van der Waals surface area contributed by atoms with E-state index in [9.17, 15) is 4.79 Å². The second-order valence-electron chi connectivity index (χ2n) is 5.32. The average Bonchev–Trinajstić information content (AvgIpc) is 2.60. The van der Waals surface area contributed by atoms with Gasteiger partial charge in [0.15, 0.2) is 6.61 Å². The molecule has 122 valence electrons. The van der Waals surface area contributed by atoms with E-state index in [1.165, 1.54) is 0 Å². The number of aryl methyl sites for hydroxylation is 1. The van der Waals surface area contributed by atoms with Gasteiger partial charge in [-0.25, -0.2) is 0 Å². The van der Waals surface area contributed by atoms with Crippen LogP contribution in [0.3, 0.4) is 0 Å². The smallest absolute Gasteiger partial charge is 0.262 e. The zero-order chi connectivity index (χ0) is 16.9. The van der Waals surface area contributed by atoms with Crippen molar-refractivity contribution in [1.82, 2.24) is 4.98 Å². The number of aromatic nitrogens is 1. The number of nitrogens with zero attached hydrogens (tertiary/aromatic N) is 1. The first-order valence-corrected chi connectivity index (χ1v) is 7.59. The molecule has 0 radical (unpaired) electrons. The molecule has 1 aromatic heterocycles. The fourth-order valence-corrected chi connectivity index (χ4v) is 2.47. The Balaban J connectivity index is 1.73. The molecule has 0 aliphatic heterocycles. The van der Waals surface area contributed by atoms with Gasteiger partial charge >= 0.3 is 0 Å². The van der Waals surface area contributed by atoms with Crippen molar-refractivity contribution < 1.29 is 14.3 Å². The van der Waals surface area contributed by atoms with E-state index < -0.39 is 0 Å². The lowest BCUT2D eigenvalue weighted by Crippen LogP contribution is -2.20. The molecule has 0 aliphatic carbocycles. The summed E-state index contributed by atoms with van der Waals surface area (Å²) in [5, 5.41) is 3.67. The largest absolute Gasteiger partial charge is 0.495 e. The molecule has 2 aromatic carbocycles. The van der Waals surface area contributed by atoms with Gasteiger partial charge in [0.1, 0.15) is 11.5 Å². The number of para-hydroxylation sites is 3. The Hall–Kier alpha value is -3.08. The van der Waals surface area contributed by atoms with Gasteiger partial charge in [0.25, 0.3) is 5.91 Å². The molecule has 1 amide bonds. The number of pyridine rings is 1. The van der Waals surface area contributed by atoms with Crippen LogP contribution in [0.1, 0.15) is 5.69 Å². The van der Waals surface area contributed by atoms with Gasteiger partial charge in [-0.05, 0) is 31.2 Å². The van der Waals surface area contributed by atoms with Gasteiger partial charge in [-0.1, -0.05) is 24.3 Å². The van der Waals surface area contributed by atoms with Gasteiger partial charge in [-0.15, -0.1) is 0 Å². The minimum Gasteiger partial charge on any atom is -0.495 e. The molecule has 0 atom stereocenters. The number of fused-ring (bicyclic) bond motifs is 1. The van der Waals surface area contributed by atoms with Crippen molar-refractivity contribution in [2.75, 3.05) is 19.0 Å². The van der Waals surface area contributed by atoms with E-state index in [0.29, 0.717) is 17.2 Å². The second-order valence-corrected chi connectivity index (χ2v) is 5.32. The molecule has 0 saturated carbocycles. The third-order valence-electron chi connectivity index (χ3n) is 3.55. The van der Waals surface area contributed by atoms with Crippen LogP contribution in [-0.4, -0.2) is 24.6 Å². The van der Waals surface area contributed by atoms with Crippen molar-refractivity contribution in [3.05, 3.63) is 60.3 Å². The summed E-state index contributed by atoms with van der Waals surface area (Å²) >= 11 is 0. The van der Waals surface area contributed by atoms with Crippen molar-refractivity contribution in [1.29, 1.82) is 0 Å². The fourth-order valence-electron chi connectivity index (χ4n) is 2.47. The van der Waals surface area contributed by atoms with E-state index in [2.05, 4.69) is 10.3 Å². The summed E-state index contributed by atoms with van der Waals surface area (Å²) < 4.78 is 10.9. The van der Waals surface area contributed by atoms with E-state index in [4.69, 9.17) is 9.47 Å². The van der Waals surface area contributed by atoms with E-state index in [-0.39, 0.29) is 12.5 Å². The van der Waals surface area contributed by atoms with Crippen molar-refractivity contribution in [3.63, 3.8) is 0 Å². The third-order valence-corrected chi connectivity index (χ3v) is 3.55. The molecule has 3 rings (SSSR count). The quantitative estimate of drug-likeness (QED) is 0.780. The first-order valence-electron chi connectivity index (χ1n) is 7.59. The molecule has 5 heteroatoms. The second kappa shape index (κ2) is 7.00. The summed E-state index contributed by atoms with van der Waals surface area (Å²) in [5.74, 6) is 1.00. The van der Waals surface area contributed by atoms with Crippen LogP contribution in [-0.2, 0) is 4.79 Å². The summed E-state index contributed by atoms with van der Waals surface area (Å²) in [7, 11) is 1.56. The van der Waals surface area contributed by atoms with E-state index >= 15 is 0 Å². The molecule has 5 nitrogen and oxygen atoms in total. The highest BCUT2D eigenvalue weighted by Crippen LogP contribution is 2.26. The molecule has 0 aliphatic rings. The lowest BCUT2D eigenvalue weighted by atomic mass is 10.2. The lowest BCUT2D eigenvalue weighted by Gasteiger charge is -2.12. The monoisotopic (exact) mass is 322 g/mol. The number of hydrogen-bond acceptors (Lipinski definition) is 4. The van der Waals surface area contributed by atoms with Gasteiger partial charge in [0, 0.05) is 17.1 Å². The molecular formula is C19H18N2O3. The van der Waals surface area contributed by atoms with Crippen molar-refractivity contribution in [3.8, 4) is 11.5 Å². The van der Waals surface area contributed by atoms with Gasteiger partial charge < -0.3 is 14.8 Å². The maximum absolute atomic E-state index is 12.2. The van der Waals surface area contributed by atoms with Gasteiger partial charge in [-0.2, -0.15) is 0 Å². The number of hydrogen-bond donors (Lipinski definition) is 1. The summed E-state index contributed by atoms with van der Waals surface area (Å²) in [4.78, 5) is 16.6. The SMILES string of the molecule is COc1ccccc1NC(=O)COc1cc(C)nc2ccccc12. The van der Waals surface area contributed by atoms with Gasteiger partial charge in [-0.3, -0.25) is 9.78 Å². The summed E-state index contributed by atoms with van der Waals surface area (Å²) in [6.45, 7) is 1.81. The third kappa shape index (κ3) is 3.46. The Kier molecular flexibility index (Phi) is 4.61. The molecular weight excluding hydrogens is 304 g/mol. The predicted molar refractivity (Wildman–Crippen MR) is 93.6 cm³/mol. The van der Waals surface area contributed by atoms with Crippen molar-refractivity contribution >= 4 is 22.5 Å². The normalized spacial score (nSPS) is 10.4. The van der Waals surface area contributed by atoms with Crippen LogP contribution in [0.15, 0.2) is 54.6 Å². The maximum Gasteiger partial charge on any atom is 0.262 e. The van der Waals surface area contributed by atoms with Crippen LogP contribution in [0.2, 0.25) is 0 Å². The number of carbonyl (C=O) groups is 1. The highest BCUT2D eigenvalue weighted by atomic mass is 16.5. The van der Waals surface area contributed by atoms with Crippen LogP contribution in [0.4, 0.5) is 5.69 Å². The van der Waals surface area contributed by atoms with E-state index in [1.54, 1.807) is 19.2 Å². The Morgan fingerprint density at radius 3 is 2.67 bits per heavy atom. The Morgan fingerprint density at radius 2 is 1.83 bits per heavy atom. The number of ether oxygens (including phenoxy) is 2. The molecule has 24 heavy (non-hydrogen) atoms. The number of rotatable bonds is 5. The number of methoxy groups -OCH3 is 1. The topological polar surface area (TPSA) is 60.5 Å². The minimum absolute atomic E-state index is 0.0918. The standard InChI is InChI=1S/C19H18N2O3/c1-13-11-18(14-7-3-4-8-15(14)20-13)24-12-19(22)21-16-9-5-6-10-17(16)23-2/h3-11H,12H2,1-2H3,(H,21,22). The zero-order valence-electron chi connectivity index (χ0n) is 13.6. The van der Waals surface area contributed by atoms with Crippen LogP contribution in [0.25, 0.3) is 10.9 Å². The Labute approximate surface area is 140 Å². The van der Waals surface area contributed by atoms with Crippen LogP contribution in [0.5, 0.6) is 11.5 Å². The highest BCUT2D eigenvalue weighted by molar-refractivity contribution is 5.93. The van der Waals surface area contributed by atoms with Crippen molar-refractivity contribution in [2.24, 2.45) is 0 Å². The molecule has 1 N–H and O–H groups in total. The zero-order valence-corrected chi connectivity index (χ0v) is 13.6. The number of carbonyl (C=O) groups excluding carboxylic acids is 1. The Morgan fingerprint density at radius 1 is 1.08 bits per heavy atom. The first-order chi connectivity index (χ1) is 11.7. The number of anilines is 1. The number of benzene rings is 2. The molecule has 1 heterocycles. The molecule has 3 aromatic rings. The lowest BCUT2D eigenvalue weighted by molar-refractivity contribution is -0.118. The minimum atomic E-state index is -0.252. The first kappa shape index (κ1) is 15.8. The predicted octanol–water partition coefficient (Wildman–Crippen LogP) is 3.57. The average molecular weight is 322 g/mol. The summed E-state index contributed by atoms with van der Waals surface area (Å²) in [6.07, 6.45) is 0. The fraction of sp³-hybridized carbons (Fsp3) is 0.158. The molecule has 0 saturated heterocycles. The number of amides is 1. The summed E-state index contributed by atoms with van der Waals surface area (Å²) in [5.41, 5.74) is 2.30. The van der Waals surface area contributed by atoms with Crippen molar-refractivity contribution in [2.45, 2.75) is 6.92 Å². The van der Waals surface area contributed by atoms with Gasteiger partial charge in [0.2, 0.25) is 0 Å². The van der Waals surface area contributed by atoms with Crippen LogP contribution in [0, 0.1) is 6.92 Å². The van der Waals surface area contributed by atoms with E-state index in [0.717, 1.165) is 16.6 Å². The molecule has 0 unspecified atom stereocenters. The maximum atomic E-state index is 12.2. The highest BCUT2D eigenvalue weighted by Gasteiger charge is 2.10. The molecule has 0 bridgehead atoms. The molecule has 0 fully saturated rings.